The number of rotatable bonds is 9. The first-order valence-corrected chi connectivity index (χ1v) is 9.19. The molecule has 1 aromatic rings. The highest BCUT2D eigenvalue weighted by molar-refractivity contribution is 6.00. The number of esters is 1. The third-order valence-electron chi connectivity index (χ3n) is 4.50. The van der Waals surface area contributed by atoms with E-state index in [2.05, 4.69) is 0 Å². The molecule has 1 fully saturated rings. The molecule has 0 radical (unpaired) electrons. The number of nitrogens with two attached hydrogens (primary N) is 1. The molecule has 27 heavy (non-hydrogen) atoms. The van der Waals surface area contributed by atoms with Gasteiger partial charge in [0.1, 0.15) is 0 Å². The Balaban J connectivity index is 2.05. The Hall–Kier alpha value is -2.48. The number of carbonyl (C=O) groups excluding carboxylic acids is 2. The van der Waals surface area contributed by atoms with Crippen LogP contribution in [-0.2, 0) is 9.53 Å². The molecule has 1 aliphatic heterocycles. The maximum absolute atomic E-state index is 12.8. The molecule has 8 heteroatoms. The number of likely N-dealkylation sites (tertiary alicyclic amines) is 1. The molecule has 1 atom stereocenters. The number of amides is 1. The fourth-order valence-electron chi connectivity index (χ4n) is 3.11. The van der Waals surface area contributed by atoms with Crippen molar-refractivity contribution in [2.45, 2.75) is 38.6 Å². The zero-order chi connectivity index (χ0) is 19.8. The van der Waals surface area contributed by atoms with E-state index in [1.165, 1.54) is 7.11 Å². The van der Waals surface area contributed by atoms with Crippen LogP contribution in [0.1, 0.15) is 43.0 Å². The molecule has 0 saturated carbocycles. The van der Waals surface area contributed by atoms with E-state index in [4.69, 9.17) is 19.9 Å². The van der Waals surface area contributed by atoms with Crippen molar-refractivity contribution in [3.05, 3.63) is 17.7 Å². The molecule has 8 nitrogen and oxygen atoms in total. The summed E-state index contributed by atoms with van der Waals surface area (Å²) >= 11 is 0. The summed E-state index contributed by atoms with van der Waals surface area (Å²) in [5.41, 5.74) is 6.68. The molecule has 1 amide bonds. The normalized spacial score (nSPS) is 16.3. The number of benzene rings is 1. The zero-order valence-corrected chi connectivity index (χ0v) is 15.9. The van der Waals surface area contributed by atoms with Gasteiger partial charge >= 0.3 is 5.97 Å². The largest absolute Gasteiger partial charge is 0.493 e. The minimum Gasteiger partial charge on any atom is -0.493 e. The highest BCUT2D eigenvalue weighted by Crippen LogP contribution is 2.34. The summed E-state index contributed by atoms with van der Waals surface area (Å²) in [6.07, 6.45) is 2.39. The second kappa shape index (κ2) is 10.0. The van der Waals surface area contributed by atoms with Gasteiger partial charge in [0.05, 0.1) is 38.5 Å². The highest BCUT2D eigenvalue weighted by atomic mass is 16.5. The maximum atomic E-state index is 12.8. The topological polar surface area (TPSA) is 111 Å². The van der Waals surface area contributed by atoms with E-state index in [1.807, 2.05) is 0 Å². The van der Waals surface area contributed by atoms with Crippen molar-refractivity contribution in [2.24, 2.45) is 0 Å². The van der Waals surface area contributed by atoms with E-state index in [0.29, 0.717) is 43.2 Å². The molecule has 1 aromatic carbocycles. The van der Waals surface area contributed by atoms with E-state index < -0.39 is 0 Å². The van der Waals surface area contributed by atoms with Gasteiger partial charge in [-0.3, -0.25) is 9.59 Å². The monoisotopic (exact) mass is 380 g/mol. The lowest BCUT2D eigenvalue weighted by Gasteiger charge is -2.24. The lowest BCUT2D eigenvalue weighted by molar-refractivity contribution is -0.143. The van der Waals surface area contributed by atoms with Gasteiger partial charge in [0, 0.05) is 24.7 Å². The lowest BCUT2D eigenvalue weighted by Crippen LogP contribution is -2.38. The number of carbonyl (C=O) groups is 2. The maximum Gasteiger partial charge on any atom is 0.305 e. The molecule has 0 aliphatic carbocycles. The lowest BCUT2D eigenvalue weighted by atomic mass is 10.1. The number of nitrogen functional groups attached to an aromatic ring is 1. The van der Waals surface area contributed by atoms with Gasteiger partial charge in [0.25, 0.3) is 5.91 Å². The van der Waals surface area contributed by atoms with Crippen molar-refractivity contribution in [1.29, 1.82) is 0 Å². The van der Waals surface area contributed by atoms with Crippen LogP contribution in [0.15, 0.2) is 12.1 Å². The summed E-state index contributed by atoms with van der Waals surface area (Å²) in [7, 11) is 1.48. The summed E-state index contributed by atoms with van der Waals surface area (Å²) < 4.78 is 15.9. The quantitative estimate of drug-likeness (QED) is 0.380. The van der Waals surface area contributed by atoms with Crippen molar-refractivity contribution in [3.63, 3.8) is 0 Å². The molecular formula is C19H28N2O6. The van der Waals surface area contributed by atoms with Crippen LogP contribution in [0.3, 0.4) is 0 Å². The standard InChI is InChI=1S/C19H28N2O6/c1-3-26-18(23)7-5-9-27-17-11-15(20)14(10-16(17)25-2)19(24)21-8-4-6-13(21)12-22/h10-11,13,22H,3-9,12,20H2,1-2H3. The Morgan fingerprint density at radius 1 is 1.33 bits per heavy atom. The summed E-state index contributed by atoms with van der Waals surface area (Å²) in [6.45, 7) is 2.94. The summed E-state index contributed by atoms with van der Waals surface area (Å²) in [5.74, 6) is 0.313. The van der Waals surface area contributed by atoms with Crippen molar-refractivity contribution >= 4 is 17.6 Å². The summed E-state index contributed by atoms with van der Waals surface area (Å²) in [5, 5.41) is 9.44. The average molecular weight is 380 g/mol. The third-order valence-corrected chi connectivity index (χ3v) is 4.50. The number of ether oxygens (including phenoxy) is 3. The molecule has 2 rings (SSSR count). The molecule has 0 spiro atoms. The minimum atomic E-state index is -0.266. The molecule has 1 aliphatic rings. The van der Waals surface area contributed by atoms with Crippen molar-refractivity contribution in [2.75, 3.05) is 39.2 Å². The van der Waals surface area contributed by atoms with E-state index in [0.717, 1.165) is 12.8 Å². The van der Waals surface area contributed by atoms with Crippen molar-refractivity contribution < 1.29 is 28.9 Å². The molecular weight excluding hydrogens is 352 g/mol. The van der Waals surface area contributed by atoms with Gasteiger partial charge in [-0.25, -0.2) is 0 Å². The number of methoxy groups -OCH3 is 1. The van der Waals surface area contributed by atoms with Gasteiger partial charge < -0.3 is 30.0 Å². The number of nitrogens with zero attached hydrogens (tertiary/aromatic N) is 1. The second-order valence-corrected chi connectivity index (χ2v) is 6.32. The van der Waals surface area contributed by atoms with Gasteiger partial charge in [-0.15, -0.1) is 0 Å². The number of aliphatic hydroxyl groups excluding tert-OH is 1. The average Bonchev–Trinajstić information content (AvgIpc) is 3.14. The Labute approximate surface area is 159 Å². The first-order chi connectivity index (χ1) is 13.0. The second-order valence-electron chi connectivity index (χ2n) is 6.32. The fourth-order valence-corrected chi connectivity index (χ4v) is 3.11. The van der Waals surface area contributed by atoms with Crippen LogP contribution in [0, 0.1) is 0 Å². The number of hydrogen-bond acceptors (Lipinski definition) is 7. The minimum absolute atomic E-state index is 0.0650. The van der Waals surface area contributed by atoms with Gasteiger partial charge in [-0.2, -0.15) is 0 Å². The Morgan fingerprint density at radius 3 is 2.78 bits per heavy atom. The smallest absolute Gasteiger partial charge is 0.305 e. The number of hydrogen-bond donors (Lipinski definition) is 2. The summed E-state index contributed by atoms with van der Waals surface area (Å²) in [6, 6.07) is 2.94. The Kier molecular flexibility index (Phi) is 7.72. The SMILES string of the molecule is CCOC(=O)CCCOc1cc(N)c(C(=O)N2CCCC2CO)cc1OC. The predicted molar refractivity (Wildman–Crippen MR) is 99.9 cm³/mol. The van der Waals surface area contributed by atoms with Crippen LogP contribution >= 0.6 is 0 Å². The first kappa shape index (κ1) is 20.8. The Morgan fingerprint density at radius 2 is 2.11 bits per heavy atom. The first-order valence-electron chi connectivity index (χ1n) is 9.19. The van der Waals surface area contributed by atoms with Gasteiger partial charge in [0.2, 0.25) is 0 Å². The molecule has 0 bridgehead atoms. The molecule has 3 N–H and O–H groups in total. The predicted octanol–water partition coefficient (Wildman–Crippen LogP) is 1.60. The van der Waals surface area contributed by atoms with Crippen molar-refractivity contribution in [3.8, 4) is 11.5 Å². The molecule has 1 saturated heterocycles. The van der Waals surface area contributed by atoms with Gasteiger partial charge in [-0.1, -0.05) is 0 Å². The molecule has 0 aromatic heterocycles. The number of anilines is 1. The molecule has 1 unspecified atom stereocenters. The van der Waals surface area contributed by atoms with Gasteiger partial charge in [-0.05, 0) is 32.3 Å². The number of aliphatic hydroxyl groups is 1. The van der Waals surface area contributed by atoms with Crippen LogP contribution in [0.4, 0.5) is 5.69 Å². The van der Waals surface area contributed by atoms with E-state index in [1.54, 1.807) is 24.0 Å². The highest BCUT2D eigenvalue weighted by Gasteiger charge is 2.30. The van der Waals surface area contributed by atoms with Gasteiger partial charge in [0.15, 0.2) is 11.5 Å². The van der Waals surface area contributed by atoms with Crippen molar-refractivity contribution in [1.82, 2.24) is 4.90 Å². The molecule has 1 heterocycles. The van der Waals surface area contributed by atoms with Crippen LogP contribution < -0.4 is 15.2 Å². The summed E-state index contributed by atoms with van der Waals surface area (Å²) in [4.78, 5) is 25.8. The van der Waals surface area contributed by atoms with Crippen LogP contribution in [0.5, 0.6) is 11.5 Å². The Bertz CT molecular complexity index is 664. The zero-order valence-electron chi connectivity index (χ0n) is 15.9. The third kappa shape index (κ3) is 5.26. The van der Waals surface area contributed by atoms with E-state index in [-0.39, 0.29) is 36.6 Å². The van der Waals surface area contributed by atoms with Crippen LogP contribution in [-0.4, -0.2) is 61.4 Å². The van der Waals surface area contributed by atoms with Crippen LogP contribution in [0.2, 0.25) is 0 Å². The van der Waals surface area contributed by atoms with E-state index in [9.17, 15) is 14.7 Å². The molecule has 150 valence electrons. The van der Waals surface area contributed by atoms with E-state index >= 15 is 0 Å². The fraction of sp³-hybridized carbons (Fsp3) is 0.579. The van der Waals surface area contributed by atoms with Crippen LogP contribution in [0.25, 0.3) is 0 Å².